The third kappa shape index (κ3) is 3.98. The molecule has 26 heavy (non-hydrogen) atoms. The van der Waals surface area contributed by atoms with E-state index in [0.717, 1.165) is 11.3 Å². The van der Waals surface area contributed by atoms with Crippen LogP contribution in [0.15, 0.2) is 59.2 Å². The van der Waals surface area contributed by atoms with E-state index in [1.807, 2.05) is 0 Å². The van der Waals surface area contributed by atoms with Crippen LogP contribution in [0, 0.1) is 0 Å². The number of esters is 1. The molecule has 0 aliphatic rings. The van der Waals surface area contributed by atoms with Crippen LogP contribution < -0.4 is 10.6 Å². The number of nitrogens with one attached hydrogen (secondary N) is 2. The van der Waals surface area contributed by atoms with Gasteiger partial charge in [0.25, 0.3) is 11.8 Å². The van der Waals surface area contributed by atoms with Crippen molar-refractivity contribution in [1.82, 2.24) is 0 Å². The van der Waals surface area contributed by atoms with Gasteiger partial charge in [0.05, 0.1) is 18.3 Å². The van der Waals surface area contributed by atoms with E-state index in [1.165, 1.54) is 13.4 Å². The molecule has 0 radical (unpaired) electrons. The second-order valence-electron chi connectivity index (χ2n) is 5.12. The average Bonchev–Trinajstić information content (AvgIpc) is 3.34. The highest BCUT2D eigenvalue weighted by Crippen LogP contribution is 2.20. The molecule has 3 rings (SSSR count). The smallest absolute Gasteiger partial charge is 0.348 e. The molecule has 0 saturated carbocycles. The van der Waals surface area contributed by atoms with Gasteiger partial charge < -0.3 is 19.8 Å². The van der Waals surface area contributed by atoms with E-state index in [4.69, 9.17) is 4.42 Å². The second-order valence-corrected chi connectivity index (χ2v) is 6.20. The zero-order valence-corrected chi connectivity index (χ0v) is 14.5. The highest BCUT2D eigenvalue weighted by atomic mass is 32.1. The third-order valence-corrected chi connectivity index (χ3v) is 4.43. The second kappa shape index (κ2) is 7.66. The standard InChI is InChI=1S/C18H14N2O5S/c1-24-18(23)15-9-8-14(26-15)17(22)20-12-6-4-11(5-7-12)19-16(21)13-3-2-10-25-13/h2-10H,1H3,(H,19,21)(H,20,22). The van der Waals surface area contributed by atoms with Gasteiger partial charge in [-0.3, -0.25) is 9.59 Å². The van der Waals surface area contributed by atoms with Crippen LogP contribution in [0.3, 0.4) is 0 Å². The topological polar surface area (TPSA) is 97.6 Å². The number of anilines is 2. The van der Waals surface area contributed by atoms with Gasteiger partial charge in [-0.15, -0.1) is 11.3 Å². The molecule has 132 valence electrons. The van der Waals surface area contributed by atoms with Gasteiger partial charge in [0, 0.05) is 11.4 Å². The first-order chi connectivity index (χ1) is 12.6. The molecular formula is C18H14N2O5S. The molecule has 8 heteroatoms. The van der Waals surface area contributed by atoms with Gasteiger partial charge in [-0.05, 0) is 48.5 Å². The first kappa shape index (κ1) is 17.4. The largest absolute Gasteiger partial charge is 0.465 e. The Hall–Kier alpha value is -3.39. The Labute approximate surface area is 152 Å². The Bertz CT molecular complexity index is 929. The molecule has 0 aliphatic heterocycles. The highest BCUT2D eigenvalue weighted by Gasteiger charge is 2.14. The number of thiophene rings is 1. The van der Waals surface area contributed by atoms with E-state index in [9.17, 15) is 14.4 Å². The summed E-state index contributed by atoms with van der Waals surface area (Å²) in [5, 5.41) is 5.41. The van der Waals surface area contributed by atoms with Crippen molar-refractivity contribution in [3.63, 3.8) is 0 Å². The number of benzene rings is 1. The molecule has 7 nitrogen and oxygen atoms in total. The van der Waals surface area contributed by atoms with E-state index < -0.39 is 5.97 Å². The third-order valence-electron chi connectivity index (χ3n) is 3.36. The first-order valence-corrected chi connectivity index (χ1v) is 8.33. The molecule has 0 spiro atoms. The van der Waals surface area contributed by atoms with Crippen LogP contribution in [0.25, 0.3) is 0 Å². The molecule has 0 bridgehead atoms. The number of carbonyl (C=O) groups is 3. The van der Waals surface area contributed by atoms with Crippen LogP contribution in [-0.2, 0) is 4.74 Å². The molecule has 2 amide bonds. The molecule has 3 aromatic rings. The molecule has 2 heterocycles. The van der Waals surface area contributed by atoms with Gasteiger partial charge in [0.2, 0.25) is 0 Å². The summed E-state index contributed by atoms with van der Waals surface area (Å²) in [6.45, 7) is 0. The average molecular weight is 370 g/mol. The van der Waals surface area contributed by atoms with Gasteiger partial charge in [0.1, 0.15) is 4.88 Å². The Kier molecular flexibility index (Phi) is 5.14. The predicted molar refractivity (Wildman–Crippen MR) is 96.7 cm³/mol. The number of furan rings is 1. The van der Waals surface area contributed by atoms with E-state index in [1.54, 1.807) is 48.5 Å². The van der Waals surface area contributed by atoms with Gasteiger partial charge in [-0.2, -0.15) is 0 Å². The van der Waals surface area contributed by atoms with E-state index in [0.29, 0.717) is 21.1 Å². The molecule has 0 aliphatic carbocycles. The Morgan fingerprint density at radius 3 is 2.08 bits per heavy atom. The lowest BCUT2D eigenvalue weighted by Gasteiger charge is -2.06. The van der Waals surface area contributed by atoms with Crippen LogP contribution in [-0.4, -0.2) is 24.9 Å². The summed E-state index contributed by atoms with van der Waals surface area (Å²) in [6.07, 6.45) is 1.42. The molecule has 2 aromatic heterocycles. The number of amides is 2. The SMILES string of the molecule is COC(=O)c1ccc(C(=O)Nc2ccc(NC(=O)c3ccco3)cc2)s1. The van der Waals surface area contributed by atoms with Crippen molar-refractivity contribution in [2.24, 2.45) is 0 Å². The normalized spacial score (nSPS) is 10.2. The summed E-state index contributed by atoms with van der Waals surface area (Å²) < 4.78 is 9.64. The van der Waals surface area contributed by atoms with Crippen molar-refractivity contribution in [3.05, 3.63) is 70.3 Å². The number of rotatable bonds is 5. The van der Waals surface area contributed by atoms with Crippen LogP contribution in [0.5, 0.6) is 0 Å². The fraction of sp³-hybridized carbons (Fsp3) is 0.0556. The van der Waals surface area contributed by atoms with Crippen molar-refractivity contribution in [2.75, 3.05) is 17.7 Å². The van der Waals surface area contributed by atoms with Gasteiger partial charge in [-0.25, -0.2) is 4.79 Å². The number of hydrogen-bond donors (Lipinski definition) is 2. The van der Waals surface area contributed by atoms with Gasteiger partial charge >= 0.3 is 5.97 Å². The monoisotopic (exact) mass is 370 g/mol. The zero-order chi connectivity index (χ0) is 18.5. The maximum absolute atomic E-state index is 12.2. The quantitative estimate of drug-likeness (QED) is 0.668. The Morgan fingerprint density at radius 2 is 1.50 bits per heavy atom. The Morgan fingerprint density at radius 1 is 0.885 bits per heavy atom. The lowest BCUT2D eigenvalue weighted by atomic mass is 10.2. The summed E-state index contributed by atoms with van der Waals surface area (Å²) in [5.41, 5.74) is 1.12. The lowest BCUT2D eigenvalue weighted by Crippen LogP contribution is -2.12. The summed E-state index contributed by atoms with van der Waals surface area (Å²) in [5.74, 6) is -0.967. The van der Waals surface area contributed by atoms with Crippen molar-refractivity contribution < 1.29 is 23.5 Å². The van der Waals surface area contributed by atoms with E-state index in [2.05, 4.69) is 15.4 Å². The minimum atomic E-state index is -0.481. The number of methoxy groups -OCH3 is 1. The summed E-state index contributed by atoms with van der Waals surface area (Å²) in [7, 11) is 1.29. The first-order valence-electron chi connectivity index (χ1n) is 7.51. The number of hydrogen-bond acceptors (Lipinski definition) is 6. The van der Waals surface area contributed by atoms with Crippen molar-refractivity contribution >= 4 is 40.5 Å². The fourth-order valence-corrected chi connectivity index (χ4v) is 2.92. The number of ether oxygens (including phenoxy) is 1. The maximum Gasteiger partial charge on any atom is 0.348 e. The molecule has 1 aromatic carbocycles. The van der Waals surface area contributed by atoms with Crippen molar-refractivity contribution in [2.45, 2.75) is 0 Å². The van der Waals surface area contributed by atoms with Crippen LogP contribution >= 0.6 is 11.3 Å². The van der Waals surface area contributed by atoms with Crippen LogP contribution in [0.2, 0.25) is 0 Å². The van der Waals surface area contributed by atoms with Crippen LogP contribution in [0.1, 0.15) is 29.9 Å². The van der Waals surface area contributed by atoms with E-state index in [-0.39, 0.29) is 17.6 Å². The molecule has 0 atom stereocenters. The fourth-order valence-electron chi connectivity index (χ4n) is 2.10. The van der Waals surface area contributed by atoms with Crippen LogP contribution in [0.4, 0.5) is 11.4 Å². The molecule has 0 fully saturated rings. The predicted octanol–water partition coefficient (Wildman–Crippen LogP) is 3.63. The minimum Gasteiger partial charge on any atom is -0.465 e. The summed E-state index contributed by atoms with van der Waals surface area (Å²) in [6, 6.07) is 12.9. The molecule has 0 saturated heterocycles. The molecule has 2 N–H and O–H groups in total. The highest BCUT2D eigenvalue weighted by molar-refractivity contribution is 7.16. The summed E-state index contributed by atoms with van der Waals surface area (Å²) in [4.78, 5) is 36.3. The minimum absolute atomic E-state index is 0.210. The summed E-state index contributed by atoms with van der Waals surface area (Å²) >= 11 is 1.05. The van der Waals surface area contributed by atoms with Crippen molar-refractivity contribution in [3.8, 4) is 0 Å². The van der Waals surface area contributed by atoms with Gasteiger partial charge in [0.15, 0.2) is 5.76 Å². The van der Waals surface area contributed by atoms with E-state index >= 15 is 0 Å². The molecular weight excluding hydrogens is 356 g/mol. The number of carbonyl (C=O) groups excluding carboxylic acids is 3. The van der Waals surface area contributed by atoms with Crippen molar-refractivity contribution in [1.29, 1.82) is 0 Å². The molecule has 0 unspecified atom stereocenters. The lowest BCUT2D eigenvalue weighted by molar-refractivity contribution is 0.0606. The van der Waals surface area contributed by atoms with Gasteiger partial charge in [-0.1, -0.05) is 0 Å². The zero-order valence-electron chi connectivity index (χ0n) is 13.6. The Balaban J connectivity index is 1.62. The maximum atomic E-state index is 12.2.